The van der Waals surface area contributed by atoms with Crippen LogP contribution in [-0.4, -0.2) is 40.1 Å². The van der Waals surface area contributed by atoms with Crippen molar-refractivity contribution in [1.29, 1.82) is 0 Å². The SMILES string of the molecule is COC1CC=C(Cl)C=C1COc1ncc(-c2cc(Br)c(O)c(Br)c2)nn1. The van der Waals surface area contributed by atoms with Gasteiger partial charge in [0.25, 0.3) is 0 Å². The summed E-state index contributed by atoms with van der Waals surface area (Å²) in [5, 5.41) is 18.6. The molecule has 1 heterocycles. The minimum Gasteiger partial charge on any atom is -0.506 e. The van der Waals surface area contributed by atoms with Crippen molar-refractivity contribution in [2.24, 2.45) is 0 Å². The molecule has 2 aromatic rings. The summed E-state index contributed by atoms with van der Waals surface area (Å²) in [6.07, 6.45) is 5.92. The Morgan fingerprint density at radius 2 is 2.00 bits per heavy atom. The van der Waals surface area contributed by atoms with E-state index in [2.05, 4.69) is 47.0 Å². The standard InChI is InChI=1S/C17H14Br2ClN3O3/c1-25-15-3-2-11(20)4-10(15)8-26-17-21-7-14(22-23-17)9-5-12(18)16(24)13(19)6-9/h2,4-7,15,24H,3,8H2,1H3. The number of ether oxygens (including phenoxy) is 2. The van der Waals surface area contributed by atoms with Crippen molar-refractivity contribution in [3.63, 3.8) is 0 Å². The number of hydrogen-bond donors (Lipinski definition) is 1. The summed E-state index contributed by atoms with van der Waals surface area (Å²) in [5.41, 5.74) is 2.22. The summed E-state index contributed by atoms with van der Waals surface area (Å²) in [5.74, 6) is 0.121. The number of allylic oxidation sites excluding steroid dienone is 2. The molecule has 0 aliphatic heterocycles. The van der Waals surface area contributed by atoms with E-state index in [1.54, 1.807) is 25.4 Å². The van der Waals surface area contributed by atoms with Gasteiger partial charge in [0.15, 0.2) is 0 Å². The maximum absolute atomic E-state index is 9.78. The highest BCUT2D eigenvalue weighted by Crippen LogP contribution is 2.36. The Morgan fingerprint density at radius 3 is 2.62 bits per heavy atom. The van der Waals surface area contributed by atoms with E-state index in [0.29, 0.717) is 26.1 Å². The summed E-state index contributed by atoms with van der Waals surface area (Å²) < 4.78 is 12.1. The highest BCUT2D eigenvalue weighted by Gasteiger charge is 2.18. The molecule has 1 aromatic carbocycles. The Balaban J connectivity index is 1.71. The summed E-state index contributed by atoms with van der Waals surface area (Å²) in [6, 6.07) is 3.62. The molecule has 0 saturated carbocycles. The minimum absolute atomic E-state index is 0.0728. The molecular formula is C17H14Br2ClN3O3. The fourth-order valence-electron chi connectivity index (χ4n) is 2.41. The van der Waals surface area contributed by atoms with E-state index in [4.69, 9.17) is 21.1 Å². The van der Waals surface area contributed by atoms with E-state index in [1.807, 2.05) is 12.2 Å². The maximum Gasteiger partial charge on any atom is 0.335 e. The first-order valence-electron chi connectivity index (χ1n) is 7.57. The molecule has 1 aliphatic carbocycles. The van der Waals surface area contributed by atoms with Gasteiger partial charge in [-0.2, -0.15) is 0 Å². The average molecular weight is 504 g/mol. The lowest BCUT2D eigenvalue weighted by molar-refractivity contribution is 0.121. The zero-order valence-electron chi connectivity index (χ0n) is 13.6. The largest absolute Gasteiger partial charge is 0.506 e. The maximum atomic E-state index is 9.78. The number of aromatic hydroxyl groups is 1. The summed E-state index contributed by atoms with van der Waals surface area (Å²) >= 11 is 12.6. The van der Waals surface area contributed by atoms with Crippen molar-refractivity contribution in [2.45, 2.75) is 12.5 Å². The van der Waals surface area contributed by atoms with Crippen LogP contribution in [0.4, 0.5) is 0 Å². The first kappa shape index (κ1) is 19.3. The van der Waals surface area contributed by atoms with Gasteiger partial charge in [-0.3, -0.25) is 0 Å². The molecule has 1 N–H and O–H groups in total. The van der Waals surface area contributed by atoms with Gasteiger partial charge in [0.1, 0.15) is 18.1 Å². The van der Waals surface area contributed by atoms with E-state index in [1.165, 1.54) is 0 Å². The summed E-state index contributed by atoms with van der Waals surface area (Å²) in [7, 11) is 1.65. The van der Waals surface area contributed by atoms with Crippen molar-refractivity contribution in [3.8, 4) is 23.0 Å². The number of rotatable bonds is 5. The van der Waals surface area contributed by atoms with Gasteiger partial charge in [-0.25, -0.2) is 4.98 Å². The Morgan fingerprint density at radius 1 is 1.27 bits per heavy atom. The zero-order chi connectivity index (χ0) is 18.7. The van der Waals surface area contributed by atoms with Crippen LogP contribution in [0.3, 0.4) is 0 Å². The first-order chi connectivity index (χ1) is 12.5. The quantitative estimate of drug-likeness (QED) is 0.642. The average Bonchev–Trinajstić information content (AvgIpc) is 2.64. The molecule has 0 spiro atoms. The van der Waals surface area contributed by atoms with Gasteiger partial charge >= 0.3 is 6.01 Å². The molecule has 1 aliphatic rings. The fraction of sp³-hybridized carbons (Fsp3) is 0.235. The number of benzene rings is 1. The number of hydrogen-bond acceptors (Lipinski definition) is 6. The van der Waals surface area contributed by atoms with E-state index in [0.717, 1.165) is 11.1 Å². The third-order valence-electron chi connectivity index (χ3n) is 3.77. The van der Waals surface area contributed by atoms with Crippen molar-refractivity contribution in [1.82, 2.24) is 15.2 Å². The molecular weight excluding hydrogens is 489 g/mol. The van der Waals surface area contributed by atoms with Crippen molar-refractivity contribution >= 4 is 43.5 Å². The van der Waals surface area contributed by atoms with Crippen LogP contribution in [-0.2, 0) is 4.74 Å². The van der Waals surface area contributed by atoms with E-state index in [9.17, 15) is 5.11 Å². The molecule has 0 saturated heterocycles. The molecule has 0 amide bonds. The lowest BCUT2D eigenvalue weighted by Crippen LogP contribution is -2.21. The normalized spacial score (nSPS) is 16.8. The number of methoxy groups -OCH3 is 1. The fourth-order valence-corrected chi connectivity index (χ4v) is 3.82. The van der Waals surface area contributed by atoms with Crippen LogP contribution in [0.5, 0.6) is 11.8 Å². The number of phenols is 1. The molecule has 9 heteroatoms. The molecule has 136 valence electrons. The summed E-state index contributed by atoms with van der Waals surface area (Å²) in [4.78, 5) is 4.19. The second kappa shape index (κ2) is 8.47. The topological polar surface area (TPSA) is 77.4 Å². The molecule has 26 heavy (non-hydrogen) atoms. The van der Waals surface area contributed by atoms with Gasteiger partial charge in [0.05, 0.1) is 21.2 Å². The number of phenolic OH excluding ortho intramolecular Hbond substituents is 1. The van der Waals surface area contributed by atoms with Crippen LogP contribution in [0.15, 0.2) is 50.0 Å². The van der Waals surface area contributed by atoms with Crippen molar-refractivity contribution in [2.75, 3.05) is 13.7 Å². The minimum atomic E-state index is -0.0728. The van der Waals surface area contributed by atoms with Crippen LogP contribution < -0.4 is 4.74 Å². The van der Waals surface area contributed by atoms with Crippen LogP contribution >= 0.6 is 43.5 Å². The van der Waals surface area contributed by atoms with Gasteiger partial charge in [0.2, 0.25) is 0 Å². The van der Waals surface area contributed by atoms with E-state index >= 15 is 0 Å². The number of halogens is 3. The summed E-state index contributed by atoms with van der Waals surface area (Å²) in [6.45, 7) is 0.264. The zero-order valence-corrected chi connectivity index (χ0v) is 17.5. The third-order valence-corrected chi connectivity index (χ3v) is 5.24. The molecule has 6 nitrogen and oxygen atoms in total. The van der Waals surface area contributed by atoms with Gasteiger partial charge in [-0.15, -0.1) is 5.10 Å². The lowest BCUT2D eigenvalue weighted by Gasteiger charge is -2.20. The molecule has 0 bridgehead atoms. The van der Waals surface area contributed by atoms with Crippen LogP contribution in [0.2, 0.25) is 0 Å². The highest BCUT2D eigenvalue weighted by molar-refractivity contribution is 9.11. The molecule has 1 aromatic heterocycles. The Kier molecular flexibility index (Phi) is 6.29. The second-order valence-electron chi connectivity index (χ2n) is 5.47. The van der Waals surface area contributed by atoms with Gasteiger partial charge in [0, 0.05) is 17.7 Å². The lowest BCUT2D eigenvalue weighted by atomic mass is 10.0. The third kappa shape index (κ3) is 4.43. The molecule has 1 unspecified atom stereocenters. The van der Waals surface area contributed by atoms with Gasteiger partial charge in [-0.1, -0.05) is 22.8 Å². The predicted octanol–water partition coefficient (Wildman–Crippen LogP) is 4.62. The first-order valence-corrected chi connectivity index (χ1v) is 9.54. The molecule has 3 rings (SSSR count). The predicted molar refractivity (Wildman–Crippen MR) is 105 cm³/mol. The Labute approximate surface area is 172 Å². The van der Waals surface area contributed by atoms with E-state index < -0.39 is 0 Å². The Bertz CT molecular complexity index is 849. The Hall–Kier alpha value is -1.48. The van der Waals surface area contributed by atoms with Crippen molar-refractivity contribution in [3.05, 3.63) is 50.0 Å². The monoisotopic (exact) mass is 501 g/mol. The van der Waals surface area contributed by atoms with Gasteiger partial charge < -0.3 is 14.6 Å². The molecule has 1 atom stereocenters. The molecule has 0 fully saturated rings. The van der Waals surface area contributed by atoms with E-state index in [-0.39, 0.29) is 24.5 Å². The second-order valence-corrected chi connectivity index (χ2v) is 7.62. The smallest absolute Gasteiger partial charge is 0.335 e. The van der Waals surface area contributed by atoms with Crippen LogP contribution in [0.25, 0.3) is 11.3 Å². The van der Waals surface area contributed by atoms with Crippen LogP contribution in [0, 0.1) is 0 Å². The van der Waals surface area contributed by atoms with Gasteiger partial charge in [-0.05, 0) is 62.1 Å². The highest BCUT2D eigenvalue weighted by atomic mass is 79.9. The van der Waals surface area contributed by atoms with Crippen LogP contribution in [0.1, 0.15) is 6.42 Å². The molecule has 0 radical (unpaired) electrons. The van der Waals surface area contributed by atoms with Crippen molar-refractivity contribution < 1.29 is 14.6 Å². The number of nitrogens with zero attached hydrogens (tertiary/aromatic N) is 3. The number of aromatic nitrogens is 3.